The molecule has 10 heteroatoms. The minimum Gasteiger partial charge on any atom is -0.367 e. The van der Waals surface area contributed by atoms with E-state index < -0.39 is 11.9 Å². The van der Waals surface area contributed by atoms with Crippen LogP contribution in [-0.4, -0.2) is 37.6 Å². The van der Waals surface area contributed by atoms with Crippen molar-refractivity contribution in [2.45, 2.75) is 18.9 Å². The number of pyridine rings is 1. The van der Waals surface area contributed by atoms with E-state index >= 15 is 0 Å². The van der Waals surface area contributed by atoms with E-state index in [4.69, 9.17) is 0 Å². The number of hydrogen-bond acceptors (Lipinski definition) is 7. The lowest BCUT2D eigenvalue weighted by molar-refractivity contribution is -0.115. The van der Waals surface area contributed by atoms with Crippen LogP contribution in [0.4, 0.5) is 22.1 Å². The number of carbonyl (C=O) groups excluding carboxylic acids is 2. The van der Waals surface area contributed by atoms with Crippen molar-refractivity contribution in [1.82, 2.24) is 30.2 Å². The predicted molar refractivity (Wildman–Crippen MR) is 102 cm³/mol. The monoisotopic (exact) mass is 376 g/mol. The second-order valence-corrected chi connectivity index (χ2v) is 6.61. The van der Waals surface area contributed by atoms with E-state index in [0.717, 1.165) is 24.3 Å². The van der Waals surface area contributed by atoms with E-state index in [1.54, 1.807) is 29.2 Å². The largest absolute Gasteiger partial charge is 0.367 e. The third kappa shape index (κ3) is 3.11. The van der Waals surface area contributed by atoms with Crippen LogP contribution in [0.2, 0.25) is 0 Å². The number of hydrogen-bond donors (Lipinski definition) is 4. The lowest BCUT2D eigenvalue weighted by Gasteiger charge is -2.11. The van der Waals surface area contributed by atoms with Crippen molar-refractivity contribution in [1.29, 1.82) is 0 Å². The molecule has 0 spiro atoms. The number of nitrogens with zero attached hydrogens (tertiary/aromatic N) is 4. The van der Waals surface area contributed by atoms with E-state index in [1.165, 1.54) is 0 Å². The first kappa shape index (κ1) is 16.2. The van der Waals surface area contributed by atoms with Crippen LogP contribution in [0.3, 0.4) is 0 Å². The number of urea groups is 1. The Hall–Kier alpha value is -3.95. The fraction of sp³-hybridized carbons (Fsp3) is 0.167. The Balaban J connectivity index is 1.58. The van der Waals surface area contributed by atoms with Gasteiger partial charge in [-0.05, 0) is 31.1 Å². The molecule has 3 aromatic heterocycles. The normalized spacial score (nSPS) is 17.6. The average molecular weight is 376 g/mol. The van der Waals surface area contributed by atoms with Gasteiger partial charge >= 0.3 is 6.03 Å². The summed E-state index contributed by atoms with van der Waals surface area (Å²) in [5.41, 5.74) is 2.13. The second-order valence-electron chi connectivity index (χ2n) is 6.61. The number of rotatable bonds is 5. The van der Waals surface area contributed by atoms with Gasteiger partial charge in [-0.25, -0.2) is 9.78 Å². The second kappa shape index (κ2) is 6.34. The van der Waals surface area contributed by atoms with Crippen LogP contribution in [0.1, 0.15) is 18.4 Å². The molecule has 0 radical (unpaired) electrons. The topological polar surface area (TPSA) is 125 Å². The van der Waals surface area contributed by atoms with Crippen molar-refractivity contribution < 1.29 is 9.59 Å². The van der Waals surface area contributed by atoms with Crippen LogP contribution in [0.5, 0.6) is 0 Å². The Bertz CT molecular complexity index is 1120. The molecule has 140 valence electrons. The van der Waals surface area contributed by atoms with Crippen molar-refractivity contribution >= 4 is 41.0 Å². The SMILES string of the molecule is O=C1NC(=O)/C(=C/c2cnn3c(NC4CC4)cc(Nc4cccnc4)nc23)N1. The van der Waals surface area contributed by atoms with Gasteiger partial charge in [-0.1, -0.05) is 0 Å². The molecular formula is C18H16N8O2. The van der Waals surface area contributed by atoms with E-state index in [2.05, 4.69) is 36.3 Å². The smallest absolute Gasteiger partial charge is 0.326 e. The molecule has 2 aliphatic rings. The number of amides is 3. The molecule has 0 aromatic carbocycles. The van der Waals surface area contributed by atoms with E-state index in [0.29, 0.717) is 23.1 Å². The van der Waals surface area contributed by atoms with Crippen molar-refractivity contribution in [2.24, 2.45) is 0 Å². The van der Waals surface area contributed by atoms with Gasteiger partial charge in [0.25, 0.3) is 5.91 Å². The van der Waals surface area contributed by atoms with Crippen molar-refractivity contribution in [3.05, 3.63) is 48.1 Å². The van der Waals surface area contributed by atoms with E-state index in [9.17, 15) is 9.59 Å². The van der Waals surface area contributed by atoms with Crippen LogP contribution in [-0.2, 0) is 4.79 Å². The Morgan fingerprint density at radius 2 is 2.11 bits per heavy atom. The summed E-state index contributed by atoms with van der Waals surface area (Å²) in [4.78, 5) is 31.9. The molecule has 4 N–H and O–H groups in total. The first-order valence-corrected chi connectivity index (χ1v) is 8.82. The third-order valence-electron chi connectivity index (χ3n) is 4.38. The first-order valence-electron chi connectivity index (χ1n) is 8.82. The molecule has 1 aliphatic carbocycles. The Morgan fingerprint density at radius 1 is 1.21 bits per heavy atom. The van der Waals surface area contributed by atoms with Crippen LogP contribution in [0.25, 0.3) is 11.7 Å². The van der Waals surface area contributed by atoms with Gasteiger partial charge in [0.15, 0.2) is 5.65 Å². The van der Waals surface area contributed by atoms with Crippen LogP contribution >= 0.6 is 0 Å². The molecule has 0 bridgehead atoms. The Morgan fingerprint density at radius 3 is 2.82 bits per heavy atom. The van der Waals surface area contributed by atoms with Crippen LogP contribution in [0.15, 0.2) is 42.5 Å². The molecule has 3 amide bonds. The van der Waals surface area contributed by atoms with E-state index in [1.807, 2.05) is 18.2 Å². The maximum atomic E-state index is 11.8. The average Bonchev–Trinajstić information content (AvgIpc) is 3.32. The molecule has 2 fully saturated rings. The summed E-state index contributed by atoms with van der Waals surface area (Å²) < 4.78 is 1.69. The summed E-state index contributed by atoms with van der Waals surface area (Å²) in [7, 11) is 0. The first-order chi connectivity index (χ1) is 13.7. The number of aromatic nitrogens is 4. The lowest BCUT2D eigenvalue weighted by atomic mass is 10.2. The van der Waals surface area contributed by atoms with Gasteiger partial charge in [0.1, 0.15) is 17.3 Å². The standard InChI is InChI=1S/C18H16N8O2/c27-17-13(23-18(28)25-17)6-10-8-20-26-15(22-11-3-4-11)7-14(24-16(10)26)21-12-2-1-5-19-9-12/h1-2,5-9,11,22H,3-4H2,(H,21,24)(H2,23,25,27,28)/b13-6-. The zero-order valence-electron chi connectivity index (χ0n) is 14.6. The van der Waals surface area contributed by atoms with Crippen molar-refractivity contribution in [3.8, 4) is 0 Å². The summed E-state index contributed by atoms with van der Waals surface area (Å²) >= 11 is 0. The fourth-order valence-corrected chi connectivity index (χ4v) is 2.91. The summed E-state index contributed by atoms with van der Waals surface area (Å²) in [6.07, 6.45) is 8.80. The molecule has 1 aliphatic heterocycles. The minimum atomic E-state index is -0.546. The van der Waals surface area contributed by atoms with Crippen molar-refractivity contribution in [2.75, 3.05) is 10.6 Å². The molecule has 0 unspecified atom stereocenters. The number of carbonyl (C=O) groups is 2. The summed E-state index contributed by atoms with van der Waals surface area (Å²) in [5.74, 6) is 0.928. The maximum Gasteiger partial charge on any atom is 0.326 e. The molecule has 1 saturated carbocycles. The number of nitrogens with one attached hydrogen (secondary N) is 4. The van der Waals surface area contributed by atoms with Gasteiger partial charge < -0.3 is 16.0 Å². The van der Waals surface area contributed by atoms with Gasteiger partial charge in [-0.2, -0.15) is 9.61 Å². The molecule has 0 atom stereocenters. The zero-order valence-corrected chi connectivity index (χ0v) is 14.6. The van der Waals surface area contributed by atoms with Crippen LogP contribution in [0, 0.1) is 0 Å². The third-order valence-corrected chi connectivity index (χ3v) is 4.38. The molecule has 10 nitrogen and oxygen atoms in total. The summed E-state index contributed by atoms with van der Waals surface area (Å²) in [5, 5.41) is 15.7. The maximum absolute atomic E-state index is 11.8. The highest BCUT2D eigenvalue weighted by Crippen LogP contribution is 2.28. The molecule has 1 saturated heterocycles. The highest BCUT2D eigenvalue weighted by Gasteiger charge is 2.25. The molecule has 4 heterocycles. The zero-order chi connectivity index (χ0) is 19.1. The quantitative estimate of drug-likeness (QED) is 0.394. The van der Waals surface area contributed by atoms with Crippen molar-refractivity contribution in [3.63, 3.8) is 0 Å². The molecular weight excluding hydrogens is 360 g/mol. The van der Waals surface area contributed by atoms with Gasteiger partial charge in [0, 0.05) is 23.9 Å². The molecule has 3 aromatic rings. The van der Waals surface area contributed by atoms with Crippen LogP contribution < -0.4 is 21.3 Å². The van der Waals surface area contributed by atoms with Gasteiger partial charge in [0.05, 0.1) is 18.1 Å². The summed E-state index contributed by atoms with van der Waals surface area (Å²) in [6.45, 7) is 0. The molecule has 28 heavy (non-hydrogen) atoms. The highest BCUT2D eigenvalue weighted by molar-refractivity contribution is 6.14. The Kier molecular flexibility index (Phi) is 3.68. The van der Waals surface area contributed by atoms with E-state index in [-0.39, 0.29) is 5.70 Å². The fourth-order valence-electron chi connectivity index (χ4n) is 2.91. The predicted octanol–water partition coefficient (Wildman–Crippen LogP) is 1.62. The number of imide groups is 1. The number of fused-ring (bicyclic) bond motifs is 1. The van der Waals surface area contributed by atoms with Gasteiger partial charge in [0.2, 0.25) is 0 Å². The number of anilines is 3. The Labute approximate surface area is 159 Å². The lowest BCUT2D eigenvalue weighted by Crippen LogP contribution is -2.22. The molecule has 5 rings (SSSR count). The highest BCUT2D eigenvalue weighted by atomic mass is 16.2. The van der Waals surface area contributed by atoms with Gasteiger partial charge in [-0.3, -0.25) is 15.1 Å². The minimum absolute atomic E-state index is 0.157. The van der Waals surface area contributed by atoms with Gasteiger partial charge in [-0.15, -0.1) is 0 Å². The summed E-state index contributed by atoms with van der Waals surface area (Å²) in [6, 6.07) is 5.48.